The number of nitrogens with zero attached hydrogens (tertiary/aromatic N) is 2. The van der Waals surface area contributed by atoms with Gasteiger partial charge in [-0.25, -0.2) is 8.42 Å². The van der Waals surface area contributed by atoms with Crippen LogP contribution in [0.2, 0.25) is 0 Å². The first kappa shape index (κ1) is 17.4. The predicted molar refractivity (Wildman–Crippen MR) is 93.0 cm³/mol. The highest BCUT2D eigenvalue weighted by Crippen LogP contribution is 2.25. The van der Waals surface area contributed by atoms with Gasteiger partial charge in [0.15, 0.2) is 0 Å². The fourth-order valence-electron chi connectivity index (χ4n) is 3.65. The van der Waals surface area contributed by atoms with Crippen LogP contribution in [0.1, 0.15) is 38.5 Å². The third-order valence-electron chi connectivity index (χ3n) is 5.03. The molecule has 2 heterocycles. The van der Waals surface area contributed by atoms with Crippen molar-refractivity contribution in [2.75, 3.05) is 26.2 Å². The van der Waals surface area contributed by atoms with Crippen molar-refractivity contribution in [1.82, 2.24) is 9.21 Å². The van der Waals surface area contributed by atoms with Crippen LogP contribution in [0.25, 0.3) is 0 Å². The van der Waals surface area contributed by atoms with Crippen LogP contribution in [0.5, 0.6) is 0 Å². The molecule has 0 spiro atoms. The minimum atomic E-state index is -3.50. The number of hydrogen-bond acceptors (Lipinski definition) is 3. The average molecular weight is 350 g/mol. The molecule has 0 aromatic heterocycles. The molecule has 5 nitrogen and oxygen atoms in total. The van der Waals surface area contributed by atoms with E-state index in [0.29, 0.717) is 18.0 Å². The predicted octanol–water partition coefficient (Wildman–Crippen LogP) is 2.49. The molecule has 2 aliphatic rings. The standard InChI is InChI=1S/C18H26N2O3S/c21-18(19-12-6-1-2-7-13-19)16-9-8-14-20(15-16)24(22,23)17-10-4-3-5-11-17/h3-5,10-11,16H,1-2,6-9,12-15H2/t16-/m0/s1. The largest absolute Gasteiger partial charge is 0.342 e. The molecule has 2 saturated heterocycles. The third kappa shape index (κ3) is 3.81. The molecule has 24 heavy (non-hydrogen) atoms. The van der Waals surface area contributed by atoms with Crippen molar-refractivity contribution < 1.29 is 13.2 Å². The molecule has 2 fully saturated rings. The topological polar surface area (TPSA) is 57.7 Å². The summed E-state index contributed by atoms with van der Waals surface area (Å²) in [4.78, 5) is 15.1. The minimum absolute atomic E-state index is 0.143. The summed E-state index contributed by atoms with van der Waals surface area (Å²) in [7, 11) is -3.50. The van der Waals surface area contributed by atoms with Gasteiger partial charge in [0.05, 0.1) is 10.8 Å². The Morgan fingerprint density at radius 1 is 0.917 bits per heavy atom. The molecule has 2 aliphatic heterocycles. The summed E-state index contributed by atoms with van der Waals surface area (Å²) in [6.07, 6.45) is 6.02. The number of piperidine rings is 1. The first-order chi connectivity index (χ1) is 11.6. The van der Waals surface area contributed by atoms with E-state index in [1.807, 2.05) is 4.90 Å². The Hall–Kier alpha value is -1.40. The maximum Gasteiger partial charge on any atom is 0.243 e. The quantitative estimate of drug-likeness (QED) is 0.841. The zero-order chi connectivity index (χ0) is 17.0. The number of hydrogen-bond donors (Lipinski definition) is 0. The Morgan fingerprint density at radius 3 is 2.25 bits per heavy atom. The van der Waals surface area contributed by atoms with E-state index in [4.69, 9.17) is 0 Å². The lowest BCUT2D eigenvalue weighted by atomic mass is 9.98. The summed E-state index contributed by atoms with van der Waals surface area (Å²) < 4.78 is 27.1. The van der Waals surface area contributed by atoms with Gasteiger partial charge in [0.25, 0.3) is 0 Å². The van der Waals surface area contributed by atoms with Crippen LogP contribution in [0.15, 0.2) is 35.2 Å². The number of carbonyl (C=O) groups excluding carboxylic acids is 1. The first-order valence-electron chi connectivity index (χ1n) is 8.93. The molecular weight excluding hydrogens is 324 g/mol. The van der Waals surface area contributed by atoms with E-state index >= 15 is 0 Å². The number of sulfonamides is 1. The zero-order valence-electron chi connectivity index (χ0n) is 14.1. The monoisotopic (exact) mass is 350 g/mol. The smallest absolute Gasteiger partial charge is 0.243 e. The summed E-state index contributed by atoms with van der Waals surface area (Å²) in [5, 5.41) is 0. The van der Waals surface area contributed by atoms with Crippen LogP contribution < -0.4 is 0 Å². The van der Waals surface area contributed by atoms with Gasteiger partial charge in [-0.2, -0.15) is 4.31 Å². The summed E-state index contributed by atoms with van der Waals surface area (Å²) in [6, 6.07) is 8.51. The van der Waals surface area contributed by atoms with Crippen LogP contribution in [-0.4, -0.2) is 49.7 Å². The van der Waals surface area contributed by atoms with Gasteiger partial charge in [0.1, 0.15) is 0 Å². The van der Waals surface area contributed by atoms with Crippen molar-refractivity contribution in [3.05, 3.63) is 30.3 Å². The number of amides is 1. The summed E-state index contributed by atoms with van der Waals surface area (Å²) >= 11 is 0. The van der Waals surface area contributed by atoms with E-state index in [9.17, 15) is 13.2 Å². The summed E-state index contributed by atoms with van der Waals surface area (Å²) in [6.45, 7) is 2.45. The number of rotatable bonds is 3. The second kappa shape index (κ2) is 7.66. The highest BCUT2D eigenvalue weighted by molar-refractivity contribution is 7.89. The van der Waals surface area contributed by atoms with Gasteiger partial charge in [0, 0.05) is 26.2 Å². The number of carbonyl (C=O) groups is 1. The van der Waals surface area contributed by atoms with Gasteiger partial charge in [-0.3, -0.25) is 4.79 Å². The zero-order valence-corrected chi connectivity index (χ0v) is 14.9. The molecule has 0 N–H and O–H groups in total. The van der Waals surface area contributed by atoms with Gasteiger partial charge < -0.3 is 4.90 Å². The van der Waals surface area contributed by atoms with Crippen LogP contribution in [0.4, 0.5) is 0 Å². The van der Waals surface area contributed by atoms with Crippen molar-refractivity contribution in [3.8, 4) is 0 Å². The second-order valence-electron chi connectivity index (χ2n) is 6.75. The fraction of sp³-hybridized carbons (Fsp3) is 0.611. The van der Waals surface area contributed by atoms with Crippen LogP contribution >= 0.6 is 0 Å². The normalized spacial score (nSPS) is 23.7. The fourth-order valence-corrected chi connectivity index (χ4v) is 5.20. The molecule has 1 atom stereocenters. The average Bonchev–Trinajstić information content (AvgIpc) is 2.91. The van der Waals surface area contributed by atoms with Gasteiger partial charge in [0.2, 0.25) is 15.9 Å². The van der Waals surface area contributed by atoms with Crippen LogP contribution in [-0.2, 0) is 14.8 Å². The molecule has 3 rings (SSSR count). The molecule has 132 valence electrons. The highest BCUT2D eigenvalue weighted by atomic mass is 32.2. The van der Waals surface area contributed by atoms with Crippen LogP contribution in [0.3, 0.4) is 0 Å². The lowest BCUT2D eigenvalue weighted by Gasteiger charge is -2.34. The molecule has 6 heteroatoms. The van der Waals surface area contributed by atoms with E-state index in [-0.39, 0.29) is 11.8 Å². The Morgan fingerprint density at radius 2 is 1.58 bits per heavy atom. The third-order valence-corrected chi connectivity index (χ3v) is 6.91. The summed E-state index contributed by atoms with van der Waals surface area (Å²) in [5.74, 6) is -0.0554. The molecule has 1 aromatic carbocycles. The molecule has 1 amide bonds. The van der Waals surface area contributed by atoms with Gasteiger partial charge in [-0.15, -0.1) is 0 Å². The molecule has 0 saturated carbocycles. The highest BCUT2D eigenvalue weighted by Gasteiger charge is 2.35. The Labute approximate surface area is 144 Å². The number of likely N-dealkylation sites (tertiary alicyclic amines) is 1. The van der Waals surface area contributed by atoms with Crippen molar-refractivity contribution in [3.63, 3.8) is 0 Å². The molecule has 0 unspecified atom stereocenters. The van der Waals surface area contributed by atoms with Gasteiger partial charge in [-0.1, -0.05) is 31.0 Å². The van der Waals surface area contributed by atoms with E-state index in [2.05, 4.69) is 0 Å². The Balaban J connectivity index is 1.71. The van der Waals surface area contributed by atoms with E-state index in [1.165, 1.54) is 17.1 Å². The lowest BCUT2D eigenvalue weighted by molar-refractivity contribution is -0.136. The number of benzene rings is 1. The summed E-state index contributed by atoms with van der Waals surface area (Å²) in [5.41, 5.74) is 0. The van der Waals surface area contributed by atoms with Crippen molar-refractivity contribution in [2.24, 2.45) is 5.92 Å². The van der Waals surface area contributed by atoms with Gasteiger partial charge >= 0.3 is 0 Å². The molecule has 1 aromatic rings. The SMILES string of the molecule is O=C([C@H]1CCCN(S(=O)(=O)c2ccccc2)C1)N1CCCCCC1. The Bertz CT molecular complexity index is 652. The van der Waals surface area contributed by atoms with Crippen LogP contribution in [0, 0.1) is 5.92 Å². The van der Waals surface area contributed by atoms with E-state index in [0.717, 1.165) is 38.8 Å². The van der Waals surface area contributed by atoms with Crippen molar-refractivity contribution in [1.29, 1.82) is 0 Å². The molecule has 0 bridgehead atoms. The van der Waals surface area contributed by atoms with Gasteiger partial charge in [-0.05, 0) is 37.8 Å². The lowest BCUT2D eigenvalue weighted by Crippen LogP contribution is -2.46. The van der Waals surface area contributed by atoms with Crippen molar-refractivity contribution in [2.45, 2.75) is 43.4 Å². The molecular formula is C18H26N2O3S. The Kier molecular flexibility index (Phi) is 5.56. The maximum atomic E-state index is 12.8. The minimum Gasteiger partial charge on any atom is -0.342 e. The molecule has 0 radical (unpaired) electrons. The maximum absolute atomic E-state index is 12.8. The second-order valence-corrected chi connectivity index (χ2v) is 8.69. The van der Waals surface area contributed by atoms with E-state index < -0.39 is 10.0 Å². The van der Waals surface area contributed by atoms with Crippen molar-refractivity contribution >= 4 is 15.9 Å². The molecule has 0 aliphatic carbocycles. The van der Waals surface area contributed by atoms with E-state index in [1.54, 1.807) is 30.3 Å². The first-order valence-corrected chi connectivity index (χ1v) is 10.4.